The molecule has 0 atom stereocenters. The minimum absolute atomic E-state index is 0.211. The van der Waals surface area contributed by atoms with Crippen LogP contribution in [0.15, 0.2) is 41.1 Å². The molecule has 2 aromatic heterocycles. The van der Waals surface area contributed by atoms with Gasteiger partial charge in [-0.05, 0) is 31.4 Å². The van der Waals surface area contributed by atoms with E-state index >= 15 is 0 Å². The van der Waals surface area contributed by atoms with E-state index in [0.717, 1.165) is 37.1 Å². The summed E-state index contributed by atoms with van der Waals surface area (Å²) in [6.07, 6.45) is 5.04. The third kappa shape index (κ3) is 3.20. The first kappa shape index (κ1) is 16.4. The molecule has 7 heteroatoms. The van der Waals surface area contributed by atoms with Crippen LogP contribution in [0.3, 0.4) is 0 Å². The van der Waals surface area contributed by atoms with E-state index in [2.05, 4.69) is 20.2 Å². The smallest absolute Gasteiger partial charge is 0.292 e. The first-order valence-electron chi connectivity index (χ1n) is 8.69. The number of methoxy groups -OCH3 is 1. The van der Waals surface area contributed by atoms with Gasteiger partial charge in [-0.1, -0.05) is 12.1 Å². The van der Waals surface area contributed by atoms with Crippen LogP contribution >= 0.6 is 0 Å². The van der Waals surface area contributed by atoms with Crippen molar-refractivity contribution in [2.45, 2.75) is 19.3 Å². The van der Waals surface area contributed by atoms with Gasteiger partial charge in [0.1, 0.15) is 18.0 Å². The number of hydrogen-bond donors (Lipinski definition) is 1. The van der Waals surface area contributed by atoms with E-state index in [1.807, 2.05) is 12.1 Å². The summed E-state index contributed by atoms with van der Waals surface area (Å²) in [5, 5.41) is 3.60. The number of rotatable bonds is 4. The van der Waals surface area contributed by atoms with Crippen LogP contribution in [-0.4, -0.2) is 36.1 Å². The molecule has 0 radical (unpaired) electrons. The summed E-state index contributed by atoms with van der Waals surface area (Å²) < 4.78 is 10.9. The van der Waals surface area contributed by atoms with Gasteiger partial charge in [0.15, 0.2) is 17.1 Å². The van der Waals surface area contributed by atoms with Crippen molar-refractivity contribution < 1.29 is 13.9 Å². The van der Waals surface area contributed by atoms with Crippen molar-refractivity contribution in [3.05, 3.63) is 42.4 Å². The minimum atomic E-state index is -0.355. The third-order valence-corrected chi connectivity index (χ3v) is 4.53. The lowest BCUT2D eigenvalue weighted by atomic mass is 10.1. The average molecular weight is 352 g/mol. The number of anilines is 2. The van der Waals surface area contributed by atoms with Gasteiger partial charge in [0.05, 0.1) is 7.11 Å². The predicted octanol–water partition coefficient (Wildman–Crippen LogP) is 3.47. The van der Waals surface area contributed by atoms with Crippen molar-refractivity contribution in [3.63, 3.8) is 0 Å². The van der Waals surface area contributed by atoms with Crippen LogP contribution in [0.5, 0.6) is 5.75 Å². The van der Waals surface area contributed by atoms with E-state index in [9.17, 15) is 4.79 Å². The molecule has 1 aromatic carbocycles. The SMILES string of the molecule is COc1cccc2cc(C(=O)Nc3cc(N4CCCCC4)ncn3)oc12. The molecule has 1 aliphatic heterocycles. The Balaban J connectivity index is 1.54. The Hall–Kier alpha value is -3.09. The maximum absolute atomic E-state index is 12.6. The zero-order chi connectivity index (χ0) is 17.9. The first-order chi connectivity index (χ1) is 12.7. The van der Waals surface area contributed by atoms with Crippen LogP contribution in [0, 0.1) is 0 Å². The second-order valence-corrected chi connectivity index (χ2v) is 6.25. The molecule has 0 spiro atoms. The number of nitrogens with zero attached hydrogens (tertiary/aromatic N) is 3. The van der Waals surface area contributed by atoms with Gasteiger partial charge in [-0.3, -0.25) is 4.79 Å². The first-order valence-corrected chi connectivity index (χ1v) is 8.69. The minimum Gasteiger partial charge on any atom is -0.493 e. The van der Waals surface area contributed by atoms with Crippen molar-refractivity contribution in [2.75, 3.05) is 30.4 Å². The molecular weight excluding hydrogens is 332 g/mol. The highest BCUT2D eigenvalue weighted by Crippen LogP contribution is 2.29. The van der Waals surface area contributed by atoms with Crippen LogP contribution in [-0.2, 0) is 0 Å². The summed E-state index contributed by atoms with van der Waals surface area (Å²) in [7, 11) is 1.57. The number of benzene rings is 1. The highest BCUT2D eigenvalue weighted by molar-refractivity contribution is 6.04. The number of piperidine rings is 1. The van der Waals surface area contributed by atoms with E-state index < -0.39 is 0 Å². The van der Waals surface area contributed by atoms with Crippen LogP contribution in [0.4, 0.5) is 11.6 Å². The lowest BCUT2D eigenvalue weighted by Crippen LogP contribution is -2.30. The monoisotopic (exact) mass is 352 g/mol. The fraction of sp³-hybridized carbons (Fsp3) is 0.316. The molecular formula is C19H20N4O3. The zero-order valence-electron chi connectivity index (χ0n) is 14.6. The number of aromatic nitrogens is 2. The van der Waals surface area contributed by atoms with Gasteiger partial charge in [-0.15, -0.1) is 0 Å². The van der Waals surface area contributed by atoms with Crippen molar-refractivity contribution in [2.24, 2.45) is 0 Å². The number of hydrogen-bond acceptors (Lipinski definition) is 6. The molecule has 1 fully saturated rings. The van der Waals surface area contributed by atoms with E-state index in [1.165, 1.54) is 12.7 Å². The van der Waals surface area contributed by atoms with E-state index in [4.69, 9.17) is 9.15 Å². The summed E-state index contributed by atoms with van der Waals surface area (Å²) in [5.41, 5.74) is 0.553. The maximum atomic E-state index is 12.6. The normalized spacial score (nSPS) is 14.4. The third-order valence-electron chi connectivity index (χ3n) is 4.53. The molecule has 0 saturated carbocycles. The molecule has 26 heavy (non-hydrogen) atoms. The Morgan fingerprint density at radius 2 is 2.04 bits per heavy atom. The molecule has 4 rings (SSSR count). The molecule has 1 amide bonds. The molecule has 134 valence electrons. The molecule has 7 nitrogen and oxygen atoms in total. The van der Waals surface area contributed by atoms with Crippen molar-refractivity contribution in [1.82, 2.24) is 9.97 Å². The summed E-state index contributed by atoms with van der Waals surface area (Å²) in [5.74, 6) is 1.74. The molecule has 1 saturated heterocycles. The standard InChI is InChI=1S/C19H20N4O3/c1-25-14-7-5-6-13-10-15(26-18(13)14)19(24)22-16-11-17(21-12-20-16)23-8-3-2-4-9-23/h5-7,10-12H,2-4,8-9H2,1H3,(H,20,21,22,24). The average Bonchev–Trinajstić information content (AvgIpc) is 3.13. The molecule has 0 aliphatic carbocycles. The highest BCUT2D eigenvalue weighted by atomic mass is 16.5. The number of furan rings is 1. The van der Waals surface area contributed by atoms with Crippen LogP contribution in [0.1, 0.15) is 29.8 Å². The number of carbonyl (C=O) groups is 1. The molecule has 1 aliphatic rings. The van der Waals surface area contributed by atoms with Crippen molar-refractivity contribution >= 4 is 28.5 Å². The Kier molecular flexibility index (Phi) is 4.43. The largest absolute Gasteiger partial charge is 0.493 e. The van der Waals surface area contributed by atoms with Crippen molar-refractivity contribution in [1.29, 1.82) is 0 Å². The zero-order valence-corrected chi connectivity index (χ0v) is 14.6. The second kappa shape index (κ2) is 7.03. The molecule has 0 unspecified atom stereocenters. The van der Waals surface area contributed by atoms with Gasteiger partial charge < -0.3 is 19.4 Å². The van der Waals surface area contributed by atoms with Crippen LogP contribution < -0.4 is 15.0 Å². The van der Waals surface area contributed by atoms with Crippen LogP contribution in [0.25, 0.3) is 11.0 Å². The number of para-hydroxylation sites is 1. The molecule has 3 heterocycles. The Morgan fingerprint density at radius 1 is 1.19 bits per heavy atom. The van der Waals surface area contributed by atoms with Crippen LogP contribution in [0.2, 0.25) is 0 Å². The number of amides is 1. The summed E-state index contributed by atoms with van der Waals surface area (Å²) in [6, 6.07) is 9.01. The van der Waals surface area contributed by atoms with E-state index in [-0.39, 0.29) is 11.7 Å². The van der Waals surface area contributed by atoms with Gasteiger partial charge in [0.2, 0.25) is 0 Å². The lowest BCUT2D eigenvalue weighted by molar-refractivity contribution is 0.0998. The number of carbonyl (C=O) groups excluding carboxylic acids is 1. The summed E-state index contributed by atoms with van der Waals surface area (Å²) >= 11 is 0. The van der Waals surface area contributed by atoms with Gasteiger partial charge >= 0.3 is 0 Å². The van der Waals surface area contributed by atoms with Gasteiger partial charge in [0.25, 0.3) is 5.91 Å². The van der Waals surface area contributed by atoms with E-state index in [1.54, 1.807) is 25.3 Å². The highest BCUT2D eigenvalue weighted by Gasteiger charge is 2.17. The van der Waals surface area contributed by atoms with E-state index in [0.29, 0.717) is 17.2 Å². The number of fused-ring (bicyclic) bond motifs is 1. The van der Waals surface area contributed by atoms with Gasteiger partial charge in [0, 0.05) is 24.5 Å². The molecule has 3 aromatic rings. The van der Waals surface area contributed by atoms with Gasteiger partial charge in [-0.2, -0.15) is 0 Å². The number of ether oxygens (including phenoxy) is 1. The fourth-order valence-corrected chi connectivity index (χ4v) is 3.20. The second-order valence-electron chi connectivity index (χ2n) is 6.25. The Bertz CT molecular complexity index is 931. The number of nitrogens with one attached hydrogen (secondary N) is 1. The predicted molar refractivity (Wildman–Crippen MR) is 98.8 cm³/mol. The Labute approximate surface area is 151 Å². The lowest BCUT2D eigenvalue weighted by Gasteiger charge is -2.27. The maximum Gasteiger partial charge on any atom is 0.292 e. The Morgan fingerprint density at radius 3 is 2.85 bits per heavy atom. The summed E-state index contributed by atoms with van der Waals surface area (Å²) in [4.78, 5) is 23.2. The van der Waals surface area contributed by atoms with Gasteiger partial charge in [-0.25, -0.2) is 9.97 Å². The molecule has 1 N–H and O–H groups in total. The fourth-order valence-electron chi connectivity index (χ4n) is 3.20. The quantitative estimate of drug-likeness (QED) is 0.774. The topological polar surface area (TPSA) is 80.5 Å². The van der Waals surface area contributed by atoms with Crippen molar-refractivity contribution in [3.8, 4) is 5.75 Å². The summed E-state index contributed by atoms with van der Waals surface area (Å²) in [6.45, 7) is 1.96. The molecule has 0 bridgehead atoms.